The Balaban J connectivity index is 1.31. The highest BCUT2D eigenvalue weighted by molar-refractivity contribution is 5.80. The average molecular weight is 369 g/mol. The Morgan fingerprint density at radius 1 is 1.04 bits per heavy atom. The van der Waals surface area contributed by atoms with Gasteiger partial charge in [-0.2, -0.15) is 0 Å². The van der Waals surface area contributed by atoms with Gasteiger partial charge in [-0.1, -0.05) is 36.4 Å². The predicted molar refractivity (Wildman–Crippen MR) is 108 cm³/mol. The fraction of sp³-hybridized carbons (Fsp3) is 0.565. The van der Waals surface area contributed by atoms with E-state index in [1.165, 1.54) is 30.5 Å². The Labute approximate surface area is 163 Å². The van der Waals surface area contributed by atoms with Crippen LogP contribution in [0, 0.1) is 5.92 Å². The highest BCUT2D eigenvalue weighted by Gasteiger charge is 2.29. The zero-order valence-corrected chi connectivity index (χ0v) is 16.3. The number of carbonyl (C=O) groups excluding carboxylic acids is 2. The van der Waals surface area contributed by atoms with Gasteiger partial charge in [0.15, 0.2) is 0 Å². The maximum Gasteiger partial charge on any atom is 0.226 e. The van der Waals surface area contributed by atoms with Crippen LogP contribution in [0.4, 0.5) is 0 Å². The van der Waals surface area contributed by atoms with Crippen molar-refractivity contribution in [3.63, 3.8) is 0 Å². The van der Waals surface area contributed by atoms with Crippen LogP contribution in [0.3, 0.4) is 0 Å². The molecule has 1 fully saturated rings. The number of nitrogens with zero attached hydrogens (tertiary/aromatic N) is 1. The molecule has 1 heterocycles. The van der Waals surface area contributed by atoms with Crippen molar-refractivity contribution in [1.82, 2.24) is 10.2 Å². The average Bonchev–Trinajstić information content (AvgIpc) is 2.71. The lowest BCUT2D eigenvalue weighted by Crippen LogP contribution is -2.39. The summed E-state index contributed by atoms with van der Waals surface area (Å²) in [6.45, 7) is 1.55. The first-order valence-corrected chi connectivity index (χ1v) is 10.5. The van der Waals surface area contributed by atoms with Crippen LogP contribution in [0.2, 0.25) is 0 Å². The lowest BCUT2D eigenvalue weighted by Gasteiger charge is -2.38. The fourth-order valence-corrected chi connectivity index (χ4v) is 4.23. The van der Waals surface area contributed by atoms with E-state index in [9.17, 15) is 9.59 Å². The monoisotopic (exact) mass is 368 g/mol. The van der Waals surface area contributed by atoms with Gasteiger partial charge >= 0.3 is 0 Å². The highest BCUT2D eigenvalue weighted by atomic mass is 16.2. The molecule has 0 bridgehead atoms. The Kier molecular flexibility index (Phi) is 7.49. The van der Waals surface area contributed by atoms with E-state index in [-0.39, 0.29) is 11.8 Å². The van der Waals surface area contributed by atoms with Crippen LogP contribution in [0.25, 0.3) is 0 Å². The van der Waals surface area contributed by atoms with Gasteiger partial charge in [0.25, 0.3) is 0 Å². The number of nitrogens with one attached hydrogen (secondary N) is 1. The summed E-state index contributed by atoms with van der Waals surface area (Å²) in [6, 6.07) is 10.3. The molecule has 0 aromatic heterocycles. The van der Waals surface area contributed by atoms with Crippen molar-refractivity contribution >= 4 is 11.8 Å². The van der Waals surface area contributed by atoms with Gasteiger partial charge < -0.3 is 10.2 Å². The van der Waals surface area contributed by atoms with E-state index in [1.54, 1.807) is 0 Å². The molecule has 1 aliphatic heterocycles. The first kappa shape index (κ1) is 19.7. The molecule has 2 amide bonds. The smallest absolute Gasteiger partial charge is 0.226 e. The minimum Gasteiger partial charge on any atom is -0.356 e. The molecule has 146 valence electrons. The summed E-state index contributed by atoms with van der Waals surface area (Å²) in [5.74, 6) is 0.846. The summed E-state index contributed by atoms with van der Waals surface area (Å²) in [5, 5.41) is 2.98. The van der Waals surface area contributed by atoms with Gasteiger partial charge in [0, 0.05) is 31.6 Å². The molecule has 1 N–H and O–H groups in total. The minimum absolute atomic E-state index is 0.0595. The van der Waals surface area contributed by atoms with Crippen LogP contribution in [0.5, 0.6) is 0 Å². The Morgan fingerprint density at radius 3 is 2.70 bits per heavy atom. The van der Waals surface area contributed by atoms with E-state index in [2.05, 4.69) is 23.5 Å². The zero-order chi connectivity index (χ0) is 18.9. The predicted octanol–water partition coefficient (Wildman–Crippen LogP) is 4.21. The van der Waals surface area contributed by atoms with Gasteiger partial charge in [0.05, 0.1) is 0 Å². The van der Waals surface area contributed by atoms with Crippen molar-refractivity contribution in [2.75, 3.05) is 13.1 Å². The summed E-state index contributed by atoms with van der Waals surface area (Å²) >= 11 is 0. The van der Waals surface area contributed by atoms with Gasteiger partial charge in [0.2, 0.25) is 11.8 Å². The molecule has 0 radical (unpaired) electrons. The van der Waals surface area contributed by atoms with Crippen molar-refractivity contribution in [2.45, 2.75) is 64.2 Å². The van der Waals surface area contributed by atoms with Crippen LogP contribution in [-0.2, 0) is 16.0 Å². The van der Waals surface area contributed by atoms with E-state index >= 15 is 0 Å². The Bertz CT molecular complexity index is 654. The normalized spacial score (nSPS) is 19.2. The maximum atomic E-state index is 12.6. The topological polar surface area (TPSA) is 49.4 Å². The fourth-order valence-electron chi connectivity index (χ4n) is 4.23. The number of allylic oxidation sites excluding steroid dienone is 2. The standard InChI is InChI=1S/C23H32N2O2/c26-22(24-17-7-11-19-9-2-1-3-10-19)15-6-16-23(27)25-18-8-13-20-12-4-5-14-21(20)25/h1-3,9-10,14,20H,4-8,11-13,15-18H2,(H,24,26). The molecule has 4 nitrogen and oxygen atoms in total. The SMILES string of the molecule is O=C(CCCC(=O)N1CCCC2CCCC=C21)NCCCc1ccccc1. The Morgan fingerprint density at radius 2 is 1.85 bits per heavy atom. The van der Waals surface area contributed by atoms with Crippen LogP contribution in [0.15, 0.2) is 42.1 Å². The number of fused-ring (bicyclic) bond motifs is 1. The van der Waals surface area contributed by atoms with E-state index in [0.29, 0.717) is 31.7 Å². The summed E-state index contributed by atoms with van der Waals surface area (Å²) in [5.41, 5.74) is 2.57. The first-order valence-electron chi connectivity index (χ1n) is 10.5. The summed E-state index contributed by atoms with van der Waals surface area (Å²) in [6.07, 6.45) is 11.6. The summed E-state index contributed by atoms with van der Waals surface area (Å²) in [4.78, 5) is 26.6. The molecule has 1 unspecified atom stereocenters. The lowest BCUT2D eigenvalue weighted by atomic mass is 9.85. The molecule has 2 aliphatic rings. The number of aryl methyl sites for hydroxylation is 1. The second-order valence-corrected chi connectivity index (χ2v) is 7.74. The molecular weight excluding hydrogens is 336 g/mol. The van der Waals surface area contributed by atoms with E-state index in [1.807, 2.05) is 23.1 Å². The third kappa shape index (κ3) is 5.95. The van der Waals surface area contributed by atoms with Crippen molar-refractivity contribution in [2.24, 2.45) is 5.92 Å². The van der Waals surface area contributed by atoms with Gasteiger partial charge in [-0.25, -0.2) is 0 Å². The molecule has 1 saturated heterocycles. The van der Waals surface area contributed by atoms with Gasteiger partial charge in [-0.3, -0.25) is 9.59 Å². The summed E-state index contributed by atoms with van der Waals surface area (Å²) < 4.78 is 0. The van der Waals surface area contributed by atoms with Crippen LogP contribution in [-0.4, -0.2) is 29.8 Å². The van der Waals surface area contributed by atoms with Crippen LogP contribution < -0.4 is 5.32 Å². The lowest BCUT2D eigenvalue weighted by molar-refractivity contribution is -0.130. The van der Waals surface area contributed by atoms with Gasteiger partial charge in [-0.15, -0.1) is 0 Å². The van der Waals surface area contributed by atoms with Crippen molar-refractivity contribution in [3.8, 4) is 0 Å². The van der Waals surface area contributed by atoms with Gasteiger partial charge in [0.1, 0.15) is 0 Å². The number of likely N-dealkylation sites (tertiary alicyclic amines) is 1. The number of amides is 2. The second-order valence-electron chi connectivity index (χ2n) is 7.74. The molecule has 27 heavy (non-hydrogen) atoms. The quantitative estimate of drug-likeness (QED) is 0.699. The molecule has 0 spiro atoms. The molecular formula is C23H32N2O2. The maximum absolute atomic E-state index is 12.6. The molecule has 4 heteroatoms. The molecule has 1 aromatic carbocycles. The molecule has 3 rings (SSSR count). The molecule has 1 aliphatic carbocycles. The first-order chi connectivity index (χ1) is 13.2. The highest BCUT2D eigenvalue weighted by Crippen LogP contribution is 2.35. The van der Waals surface area contributed by atoms with Crippen molar-refractivity contribution in [3.05, 3.63) is 47.7 Å². The third-order valence-corrected chi connectivity index (χ3v) is 5.68. The number of rotatable bonds is 8. The molecule has 1 atom stereocenters. The Hall–Kier alpha value is -2.10. The number of carbonyl (C=O) groups is 2. The number of hydrogen-bond acceptors (Lipinski definition) is 2. The second kappa shape index (κ2) is 10.3. The number of piperidine rings is 1. The van der Waals surface area contributed by atoms with E-state index in [4.69, 9.17) is 0 Å². The van der Waals surface area contributed by atoms with Crippen molar-refractivity contribution in [1.29, 1.82) is 0 Å². The summed E-state index contributed by atoms with van der Waals surface area (Å²) in [7, 11) is 0. The minimum atomic E-state index is 0.0595. The number of benzene rings is 1. The zero-order valence-electron chi connectivity index (χ0n) is 16.3. The molecule has 0 saturated carbocycles. The third-order valence-electron chi connectivity index (χ3n) is 5.68. The van der Waals surface area contributed by atoms with E-state index in [0.717, 1.165) is 32.2 Å². The van der Waals surface area contributed by atoms with Crippen LogP contribution >= 0.6 is 0 Å². The van der Waals surface area contributed by atoms with E-state index < -0.39 is 0 Å². The van der Waals surface area contributed by atoms with Crippen molar-refractivity contribution < 1.29 is 9.59 Å². The van der Waals surface area contributed by atoms with Crippen LogP contribution in [0.1, 0.15) is 63.4 Å². The number of hydrogen-bond donors (Lipinski definition) is 1. The molecule has 1 aromatic rings. The largest absolute Gasteiger partial charge is 0.356 e. The van der Waals surface area contributed by atoms with Gasteiger partial charge in [-0.05, 0) is 62.8 Å².